The van der Waals surface area contributed by atoms with E-state index in [1.165, 1.54) is 17.6 Å². The lowest BCUT2D eigenvalue weighted by Crippen LogP contribution is -1.83. The van der Waals surface area contributed by atoms with E-state index >= 15 is 0 Å². The molecule has 0 aliphatic heterocycles. The van der Waals surface area contributed by atoms with Crippen molar-refractivity contribution in [2.45, 2.75) is 0 Å². The van der Waals surface area contributed by atoms with Crippen LogP contribution in [0.15, 0.2) is 35.7 Å². The van der Waals surface area contributed by atoms with Crippen molar-refractivity contribution in [3.8, 4) is 10.4 Å². The van der Waals surface area contributed by atoms with Crippen LogP contribution < -0.4 is 0 Å². The molecule has 0 nitrogen and oxygen atoms in total. The van der Waals surface area contributed by atoms with Crippen LogP contribution in [0.25, 0.3) is 10.4 Å². The first-order chi connectivity index (χ1) is 6.29. The second kappa shape index (κ2) is 4.27. The van der Waals surface area contributed by atoms with Gasteiger partial charge in [-0.1, -0.05) is 12.1 Å². The van der Waals surface area contributed by atoms with Crippen LogP contribution in [0.2, 0.25) is 0 Å². The molecule has 1 aromatic carbocycles. The molecule has 0 amide bonds. The molecule has 13 heavy (non-hydrogen) atoms. The summed E-state index contributed by atoms with van der Waals surface area (Å²) in [7, 11) is 0. The van der Waals surface area contributed by atoms with Crippen molar-refractivity contribution in [3.63, 3.8) is 0 Å². The molecule has 66 valence electrons. The van der Waals surface area contributed by atoms with Crippen molar-refractivity contribution in [1.29, 1.82) is 0 Å². The number of benzene rings is 1. The molecule has 2 rings (SSSR count). The molecule has 0 aliphatic rings. The largest absolute Gasteiger partial charge is 0.144 e. The number of halogens is 2. The summed E-state index contributed by atoms with van der Waals surface area (Å²) in [6, 6.07) is 10.7. The summed E-state index contributed by atoms with van der Waals surface area (Å²) in [5, 5.41) is 2.12. The predicted octanol–water partition coefficient (Wildman–Crippen LogP) is 4.62. The van der Waals surface area contributed by atoms with Gasteiger partial charge >= 0.3 is 0 Å². The maximum absolute atomic E-state index is 2.39. The van der Waals surface area contributed by atoms with E-state index in [2.05, 4.69) is 80.9 Å². The number of thiophene rings is 1. The topological polar surface area (TPSA) is 0 Å². The van der Waals surface area contributed by atoms with Gasteiger partial charge in [0.25, 0.3) is 0 Å². The van der Waals surface area contributed by atoms with E-state index in [-0.39, 0.29) is 0 Å². The summed E-state index contributed by atoms with van der Waals surface area (Å²) in [5.74, 6) is 0. The van der Waals surface area contributed by atoms with E-state index in [0.29, 0.717) is 0 Å². The van der Waals surface area contributed by atoms with E-state index in [1.807, 2.05) is 0 Å². The molecule has 0 aliphatic carbocycles. The standard InChI is InChI=1S/C10H6I2S/c11-7-3-1-4-8(12)10(7)9-5-2-6-13-9/h1-6H. The van der Waals surface area contributed by atoms with Crippen molar-refractivity contribution in [3.05, 3.63) is 42.9 Å². The fourth-order valence-electron chi connectivity index (χ4n) is 1.15. The Labute approximate surface area is 109 Å². The molecule has 0 spiro atoms. The van der Waals surface area contributed by atoms with Crippen LogP contribution in [0, 0.1) is 7.14 Å². The van der Waals surface area contributed by atoms with Crippen LogP contribution in [0.1, 0.15) is 0 Å². The molecule has 0 atom stereocenters. The highest BCUT2D eigenvalue weighted by molar-refractivity contribution is 14.1. The molecular weight excluding hydrogens is 406 g/mol. The molecule has 2 aromatic rings. The normalized spacial score (nSPS) is 10.3. The predicted molar refractivity (Wildman–Crippen MR) is 75.2 cm³/mol. The van der Waals surface area contributed by atoms with Gasteiger partial charge in [0, 0.05) is 17.6 Å². The van der Waals surface area contributed by atoms with Gasteiger partial charge in [0.05, 0.1) is 0 Å². The van der Waals surface area contributed by atoms with Gasteiger partial charge in [-0.15, -0.1) is 11.3 Å². The monoisotopic (exact) mass is 412 g/mol. The Morgan fingerprint density at radius 2 is 1.62 bits per heavy atom. The van der Waals surface area contributed by atoms with Crippen LogP contribution in [0.4, 0.5) is 0 Å². The highest BCUT2D eigenvalue weighted by Crippen LogP contribution is 2.32. The second-order valence-corrected chi connectivity index (χ2v) is 5.85. The van der Waals surface area contributed by atoms with E-state index in [1.54, 1.807) is 11.3 Å². The third kappa shape index (κ3) is 2.07. The minimum Gasteiger partial charge on any atom is -0.144 e. The molecule has 0 radical (unpaired) electrons. The van der Waals surface area contributed by atoms with Gasteiger partial charge in [-0.2, -0.15) is 0 Å². The van der Waals surface area contributed by atoms with Crippen LogP contribution in [0.5, 0.6) is 0 Å². The van der Waals surface area contributed by atoms with Crippen LogP contribution in [-0.2, 0) is 0 Å². The van der Waals surface area contributed by atoms with Gasteiger partial charge in [-0.05, 0) is 68.8 Å². The van der Waals surface area contributed by atoms with Gasteiger partial charge in [-0.3, -0.25) is 0 Å². The summed E-state index contributed by atoms with van der Waals surface area (Å²) in [5.41, 5.74) is 1.37. The van der Waals surface area contributed by atoms with E-state index in [4.69, 9.17) is 0 Å². The zero-order valence-electron chi connectivity index (χ0n) is 6.63. The fourth-order valence-corrected chi connectivity index (χ4v) is 4.41. The fraction of sp³-hybridized carbons (Fsp3) is 0. The van der Waals surface area contributed by atoms with E-state index in [9.17, 15) is 0 Å². The summed E-state index contributed by atoms with van der Waals surface area (Å²) in [6.45, 7) is 0. The SMILES string of the molecule is Ic1cccc(I)c1-c1cccs1. The third-order valence-corrected chi connectivity index (χ3v) is 4.42. The molecule has 1 heterocycles. The summed E-state index contributed by atoms with van der Waals surface area (Å²) in [4.78, 5) is 1.36. The first kappa shape index (κ1) is 9.92. The molecule has 0 N–H and O–H groups in total. The van der Waals surface area contributed by atoms with Crippen LogP contribution in [-0.4, -0.2) is 0 Å². The number of hydrogen-bond donors (Lipinski definition) is 0. The Kier molecular flexibility index (Phi) is 3.26. The third-order valence-electron chi connectivity index (χ3n) is 1.73. The zero-order valence-corrected chi connectivity index (χ0v) is 11.8. The summed E-state index contributed by atoms with van der Waals surface area (Å²) >= 11 is 6.57. The highest BCUT2D eigenvalue weighted by atomic mass is 127. The van der Waals surface area contributed by atoms with Gasteiger partial charge < -0.3 is 0 Å². The zero-order chi connectivity index (χ0) is 9.26. The summed E-state index contributed by atoms with van der Waals surface area (Å²) < 4.78 is 2.65. The highest BCUT2D eigenvalue weighted by Gasteiger charge is 2.06. The van der Waals surface area contributed by atoms with Crippen LogP contribution >= 0.6 is 56.5 Å². The lowest BCUT2D eigenvalue weighted by Gasteiger charge is -2.03. The van der Waals surface area contributed by atoms with Gasteiger partial charge in [0.15, 0.2) is 0 Å². The van der Waals surface area contributed by atoms with Crippen molar-refractivity contribution >= 4 is 56.5 Å². The lowest BCUT2D eigenvalue weighted by molar-refractivity contribution is 1.59. The Morgan fingerprint density at radius 3 is 2.15 bits per heavy atom. The molecule has 3 heteroatoms. The minimum atomic E-state index is 1.33. The number of rotatable bonds is 1. The molecule has 0 unspecified atom stereocenters. The van der Waals surface area contributed by atoms with Gasteiger partial charge in [-0.25, -0.2) is 0 Å². The molecule has 0 bridgehead atoms. The average Bonchev–Trinajstić information content (AvgIpc) is 2.57. The Bertz CT molecular complexity index is 387. The Morgan fingerprint density at radius 1 is 0.923 bits per heavy atom. The molecular formula is C10H6I2S. The quantitative estimate of drug-likeness (QED) is 0.600. The first-order valence-corrected chi connectivity index (χ1v) is 6.80. The summed E-state index contributed by atoms with van der Waals surface area (Å²) in [6.07, 6.45) is 0. The maximum Gasteiger partial charge on any atom is 0.0363 e. The van der Waals surface area contributed by atoms with Gasteiger partial charge in [0.1, 0.15) is 0 Å². The van der Waals surface area contributed by atoms with Crippen molar-refractivity contribution in [1.82, 2.24) is 0 Å². The lowest BCUT2D eigenvalue weighted by atomic mass is 10.2. The Balaban J connectivity index is 2.64. The van der Waals surface area contributed by atoms with Crippen LogP contribution in [0.3, 0.4) is 0 Å². The van der Waals surface area contributed by atoms with Crippen molar-refractivity contribution in [2.75, 3.05) is 0 Å². The Hall–Kier alpha value is 0.380. The molecule has 0 saturated heterocycles. The maximum atomic E-state index is 2.39. The van der Waals surface area contributed by atoms with E-state index < -0.39 is 0 Å². The minimum absolute atomic E-state index is 1.33. The smallest absolute Gasteiger partial charge is 0.0363 e. The molecule has 0 saturated carbocycles. The van der Waals surface area contributed by atoms with E-state index in [0.717, 1.165) is 0 Å². The number of hydrogen-bond acceptors (Lipinski definition) is 1. The van der Waals surface area contributed by atoms with Gasteiger partial charge in [0.2, 0.25) is 0 Å². The van der Waals surface area contributed by atoms with Crippen molar-refractivity contribution in [2.24, 2.45) is 0 Å². The van der Waals surface area contributed by atoms with Crippen molar-refractivity contribution < 1.29 is 0 Å². The second-order valence-electron chi connectivity index (χ2n) is 2.57. The first-order valence-electron chi connectivity index (χ1n) is 3.77. The average molecular weight is 412 g/mol. The molecule has 0 fully saturated rings. The molecule has 1 aromatic heterocycles.